The van der Waals surface area contributed by atoms with Gasteiger partial charge >= 0.3 is 0 Å². The van der Waals surface area contributed by atoms with Gasteiger partial charge in [-0.05, 0) is 12.1 Å². The van der Waals surface area contributed by atoms with Crippen molar-refractivity contribution in [2.24, 2.45) is 0 Å². The van der Waals surface area contributed by atoms with Crippen LogP contribution in [0.2, 0.25) is 0 Å². The Balaban J connectivity index is 1.36. The van der Waals surface area contributed by atoms with E-state index in [4.69, 9.17) is 14.7 Å². The average Bonchev–Trinajstić information content (AvgIpc) is 3.54. The quantitative estimate of drug-likeness (QED) is 0.372. The van der Waals surface area contributed by atoms with Gasteiger partial charge in [-0.25, -0.2) is 18.4 Å². The van der Waals surface area contributed by atoms with E-state index in [0.717, 1.165) is 50.5 Å². The van der Waals surface area contributed by atoms with E-state index in [1.54, 1.807) is 17.5 Å². The lowest BCUT2D eigenvalue weighted by molar-refractivity contribution is 0.0883. The molecule has 5 heterocycles. The lowest BCUT2D eigenvalue weighted by atomic mass is 10.1. The molecular weight excluding hydrogens is 514 g/mol. The molecule has 2 fully saturated rings. The summed E-state index contributed by atoms with van der Waals surface area (Å²) in [6.07, 6.45) is 3.00. The number of ether oxygens (including phenoxy) is 1. The summed E-state index contributed by atoms with van der Waals surface area (Å²) in [7, 11) is -3.36. The fraction of sp³-hybridized carbons (Fsp3) is 0.458. The number of piperazine rings is 1. The molecule has 37 heavy (non-hydrogen) atoms. The van der Waals surface area contributed by atoms with Crippen molar-refractivity contribution in [2.75, 3.05) is 63.7 Å². The fourth-order valence-electron chi connectivity index (χ4n) is 5.17. The molecule has 0 spiro atoms. The number of H-pyrrole nitrogens is 1. The minimum atomic E-state index is -3.36. The third-order valence-electron chi connectivity index (χ3n) is 6.97. The summed E-state index contributed by atoms with van der Waals surface area (Å²) in [6.45, 7) is 4.75. The van der Waals surface area contributed by atoms with E-state index < -0.39 is 16.1 Å². The predicted molar refractivity (Wildman–Crippen MR) is 143 cm³/mol. The van der Waals surface area contributed by atoms with Gasteiger partial charge in [0, 0.05) is 55.1 Å². The Kier molecular flexibility index (Phi) is 6.59. The number of nitrogens with zero attached hydrogens (tertiary/aromatic N) is 6. The highest BCUT2D eigenvalue weighted by Crippen LogP contribution is 2.36. The highest BCUT2D eigenvalue weighted by atomic mass is 32.2. The number of aromatic nitrogens is 4. The topological polar surface area (TPSA) is 128 Å². The van der Waals surface area contributed by atoms with E-state index in [2.05, 4.69) is 26.1 Å². The first-order chi connectivity index (χ1) is 17.9. The Labute approximate surface area is 218 Å². The lowest BCUT2D eigenvalue weighted by Gasteiger charge is -2.38. The van der Waals surface area contributed by atoms with Crippen molar-refractivity contribution >= 4 is 48.3 Å². The van der Waals surface area contributed by atoms with Crippen molar-refractivity contribution in [2.45, 2.75) is 12.6 Å². The molecule has 6 rings (SSSR count). The molecule has 2 aliphatic rings. The van der Waals surface area contributed by atoms with E-state index in [1.807, 2.05) is 18.2 Å². The van der Waals surface area contributed by atoms with Crippen LogP contribution in [0.15, 0.2) is 30.5 Å². The summed E-state index contributed by atoms with van der Waals surface area (Å²) in [5, 5.41) is 18.0. The van der Waals surface area contributed by atoms with Crippen LogP contribution in [-0.4, -0.2) is 108 Å². The Morgan fingerprint density at radius 3 is 2.81 bits per heavy atom. The summed E-state index contributed by atoms with van der Waals surface area (Å²) >= 11 is 1.67. The van der Waals surface area contributed by atoms with Gasteiger partial charge < -0.3 is 14.7 Å². The number of rotatable bonds is 6. The predicted octanol–water partition coefficient (Wildman–Crippen LogP) is 1.51. The van der Waals surface area contributed by atoms with Gasteiger partial charge in [0.2, 0.25) is 10.0 Å². The summed E-state index contributed by atoms with van der Waals surface area (Å²) in [5.41, 5.74) is 2.75. The zero-order chi connectivity index (χ0) is 25.6. The average molecular weight is 544 g/mol. The molecule has 1 atom stereocenters. The molecule has 11 nitrogen and oxygen atoms in total. The molecule has 13 heteroatoms. The second kappa shape index (κ2) is 9.89. The van der Waals surface area contributed by atoms with Gasteiger partial charge in [-0.2, -0.15) is 9.40 Å². The molecule has 2 saturated heterocycles. The molecule has 0 amide bonds. The van der Waals surface area contributed by atoms with Crippen LogP contribution < -0.4 is 4.90 Å². The normalized spacial score (nSPS) is 20.3. The molecule has 0 bridgehead atoms. The SMILES string of the molecule is CS(=O)(=O)N1CCN(Cc2cc3nc(-c4cccc5[nH]ncc45)nc(N4CCOCC4)c3s2)CC1CO. The number of fused-ring (bicyclic) bond motifs is 2. The van der Waals surface area contributed by atoms with Gasteiger partial charge in [0.1, 0.15) is 0 Å². The maximum absolute atomic E-state index is 12.1. The van der Waals surface area contributed by atoms with Crippen molar-refractivity contribution in [3.8, 4) is 11.4 Å². The van der Waals surface area contributed by atoms with Crippen LogP contribution in [0.1, 0.15) is 4.88 Å². The number of thiophene rings is 1. The maximum Gasteiger partial charge on any atom is 0.211 e. The first-order valence-corrected chi connectivity index (χ1v) is 14.9. The standard InChI is InChI=1S/C24H29N7O4S2/c1-37(33,34)31-6-5-29(13-16(31)15-32)14-17-11-21-22(36-17)24(30-7-9-35-10-8-30)27-23(26-21)18-3-2-4-20-19(18)12-25-28-20/h2-4,11-12,16,32H,5-10,13-15H2,1H3,(H,25,28). The third-order valence-corrected chi connectivity index (χ3v) is 9.41. The number of hydrogen-bond acceptors (Lipinski definition) is 10. The number of hydrogen-bond donors (Lipinski definition) is 2. The Bertz CT molecular complexity index is 1530. The van der Waals surface area contributed by atoms with E-state index in [-0.39, 0.29) is 6.61 Å². The van der Waals surface area contributed by atoms with Crippen LogP contribution in [-0.2, 0) is 21.3 Å². The van der Waals surface area contributed by atoms with Crippen molar-refractivity contribution < 1.29 is 18.3 Å². The highest BCUT2D eigenvalue weighted by molar-refractivity contribution is 7.88. The third kappa shape index (κ3) is 4.82. The molecule has 0 aliphatic carbocycles. The van der Waals surface area contributed by atoms with E-state index >= 15 is 0 Å². The number of nitrogens with one attached hydrogen (secondary N) is 1. The molecular formula is C24H29N7O4S2. The monoisotopic (exact) mass is 543 g/mol. The van der Waals surface area contributed by atoms with Crippen LogP contribution in [0.5, 0.6) is 0 Å². The summed E-state index contributed by atoms with van der Waals surface area (Å²) in [5.74, 6) is 1.57. The number of sulfonamides is 1. The van der Waals surface area contributed by atoms with Crippen molar-refractivity contribution in [3.63, 3.8) is 0 Å². The molecule has 2 aliphatic heterocycles. The molecule has 2 N–H and O–H groups in total. The highest BCUT2D eigenvalue weighted by Gasteiger charge is 2.32. The minimum absolute atomic E-state index is 0.203. The second-order valence-electron chi connectivity index (χ2n) is 9.48. The van der Waals surface area contributed by atoms with Gasteiger partial charge in [0.05, 0.1) is 54.0 Å². The second-order valence-corrected chi connectivity index (χ2v) is 12.6. The van der Waals surface area contributed by atoms with Crippen LogP contribution >= 0.6 is 11.3 Å². The molecule has 1 unspecified atom stereocenters. The van der Waals surface area contributed by atoms with Crippen LogP contribution in [0, 0.1) is 0 Å². The molecule has 0 saturated carbocycles. The first-order valence-electron chi connectivity index (χ1n) is 12.3. The molecule has 3 aromatic heterocycles. The van der Waals surface area contributed by atoms with Gasteiger partial charge in [-0.15, -0.1) is 11.3 Å². The number of aliphatic hydroxyl groups excluding tert-OH is 1. The van der Waals surface area contributed by atoms with E-state index in [9.17, 15) is 13.5 Å². The summed E-state index contributed by atoms with van der Waals surface area (Å²) < 4.78 is 32.2. The Morgan fingerprint density at radius 2 is 2.03 bits per heavy atom. The van der Waals surface area contributed by atoms with Crippen LogP contribution in [0.25, 0.3) is 32.5 Å². The van der Waals surface area contributed by atoms with E-state index in [0.29, 0.717) is 45.2 Å². The zero-order valence-corrected chi connectivity index (χ0v) is 22.1. The number of aliphatic hydroxyl groups is 1. The fourth-order valence-corrected chi connectivity index (χ4v) is 7.41. The Morgan fingerprint density at radius 1 is 1.19 bits per heavy atom. The summed E-state index contributed by atoms with van der Waals surface area (Å²) in [6, 6.07) is 7.65. The van der Waals surface area contributed by atoms with Gasteiger partial charge in [-0.1, -0.05) is 12.1 Å². The maximum atomic E-state index is 12.1. The number of morpholine rings is 1. The van der Waals surface area contributed by atoms with Gasteiger partial charge in [0.25, 0.3) is 0 Å². The van der Waals surface area contributed by atoms with E-state index in [1.165, 1.54) is 10.6 Å². The Hall–Kier alpha value is -2.68. The smallest absolute Gasteiger partial charge is 0.211 e. The van der Waals surface area contributed by atoms with Gasteiger partial charge in [0.15, 0.2) is 11.6 Å². The largest absolute Gasteiger partial charge is 0.395 e. The lowest BCUT2D eigenvalue weighted by Crippen LogP contribution is -2.55. The number of benzene rings is 1. The molecule has 0 radical (unpaired) electrons. The van der Waals surface area contributed by atoms with Gasteiger partial charge in [-0.3, -0.25) is 10.00 Å². The summed E-state index contributed by atoms with van der Waals surface area (Å²) in [4.78, 5) is 15.6. The van der Waals surface area contributed by atoms with Crippen molar-refractivity contribution in [3.05, 3.63) is 35.3 Å². The molecule has 196 valence electrons. The molecule has 1 aromatic carbocycles. The minimum Gasteiger partial charge on any atom is -0.395 e. The first kappa shape index (κ1) is 24.6. The van der Waals surface area contributed by atoms with Crippen molar-refractivity contribution in [1.82, 2.24) is 29.4 Å². The number of aromatic amines is 1. The van der Waals surface area contributed by atoms with Crippen LogP contribution in [0.3, 0.4) is 0 Å². The molecule has 4 aromatic rings. The number of anilines is 1. The van der Waals surface area contributed by atoms with Crippen LogP contribution in [0.4, 0.5) is 5.82 Å². The zero-order valence-electron chi connectivity index (χ0n) is 20.5. The van der Waals surface area contributed by atoms with Crippen molar-refractivity contribution in [1.29, 1.82) is 0 Å².